The molecule has 9 heteroatoms. The number of ether oxygens (including phenoxy) is 1. The van der Waals surface area contributed by atoms with E-state index in [1.165, 1.54) is 4.90 Å². The first kappa shape index (κ1) is 28.4. The second-order valence-electron chi connectivity index (χ2n) is 11.0. The molecule has 0 aromatic heterocycles. The Bertz CT molecular complexity index is 1100. The quantitative estimate of drug-likeness (QED) is 0.478. The summed E-state index contributed by atoms with van der Waals surface area (Å²) in [5.74, 6) is -1.08. The van der Waals surface area contributed by atoms with Crippen molar-refractivity contribution in [3.8, 4) is 0 Å². The van der Waals surface area contributed by atoms with Gasteiger partial charge in [0.2, 0.25) is 11.8 Å². The average Bonchev–Trinajstić information content (AvgIpc) is 2.85. The van der Waals surface area contributed by atoms with Crippen LogP contribution in [0.5, 0.6) is 0 Å². The van der Waals surface area contributed by atoms with Crippen molar-refractivity contribution in [1.29, 1.82) is 0 Å². The van der Waals surface area contributed by atoms with Gasteiger partial charge in [-0.1, -0.05) is 75.4 Å². The van der Waals surface area contributed by atoms with E-state index in [-0.39, 0.29) is 24.6 Å². The molecule has 3 N–H and O–H groups in total. The summed E-state index contributed by atoms with van der Waals surface area (Å²) in [4.78, 5) is 40.2. The molecule has 1 aliphatic heterocycles. The van der Waals surface area contributed by atoms with Crippen LogP contribution in [0.2, 0.25) is 18.1 Å². The van der Waals surface area contributed by atoms with Gasteiger partial charge in [-0.15, -0.1) is 0 Å². The van der Waals surface area contributed by atoms with Gasteiger partial charge in [0, 0.05) is 13.0 Å². The topological polar surface area (TPSA) is 111 Å². The minimum Gasteiger partial charge on any atom is -0.445 e. The maximum atomic E-state index is 13.4. The largest absolute Gasteiger partial charge is 0.445 e. The highest BCUT2D eigenvalue weighted by molar-refractivity contribution is 6.74. The first-order chi connectivity index (χ1) is 17.4. The lowest BCUT2D eigenvalue weighted by atomic mass is 9.93. The molecular formula is C28H39N3O5Si. The summed E-state index contributed by atoms with van der Waals surface area (Å²) in [6, 6.07) is 15.3. The van der Waals surface area contributed by atoms with Gasteiger partial charge in [0.25, 0.3) is 0 Å². The number of nitrogens with one attached hydrogen (secondary N) is 1. The fraction of sp³-hybridized carbons (Fsp3) is 0.464. The van der Waals surface area contributed by atoms with Gasteiger partial charge < -0.3 is 20.2 Å². The maximum absolute atomic E-state index is 13.4. The minimum atomic E-state index is -2.02. The van der Waals surface area contributed by atoms with Crippen LogP contribution in [0.3, 0.4) is 0 Å². The van der Waals surface area contributed by atoms with Crippen molar-refractivity contribution in [2.24, 2.45) is 5.73 Å². The highest BCUT2D eigenvalue weighted by Gasteiger charge is 2.39. The molecule has 0 aliphatic carbocycles. The molecular weight excluding hydrogens is 486 g/mol. The standard InChI is InChI=1S/C28H39N3O5Si/c1-28(2,3)37(4,5)36-16-15-23(25(29)32)30-26(33)24-17-21-13-9-10-14-22(21)18-31(24)27(34)35-19-20-11-7-6-8-12-20/h6-14,23-24H,15-19H2,1-5H3,(H2,29,32)(H,30,33)/t23-,24+/m1/s1. The summed E-state index contributed by atoms with van der Waals surface area (Å²) < 4.78 is 11.7. The molecule has 0 spiro atoms. The van der Waals surface area contributed by atoms with E-state index in [2.05, 4.69) is 39.2 Å². The molecule has 0 saturated heterocycles. The minimum absolute atomic E-state index is 0.0224. The van der Waals surface area contributed by atoms with Crippen LogP contribution in [-0.4, -0.2) is 49.8 Å². The lowest BCUT2D eigenvalue weighted by Crippen LogP contribution is -2.56. The first-order valence-electron chi connectivity index (χ1n) is 12.7. The zero-order valence-electron chi connectivity index (χ0n) is 22.5. The van der Waals surface area contributed by atoms with Gasteiger partial charge in [-0.05, 0) is 41.2 Å². The molecule has 200 valence electrons. The fourth-order valence-electron chi connectivity index (χ4n) is 3.95. The summed E-state index contributed by atoms with van der Waals surface area (Å²) in [6.07, 6.45) is -0.0144. The van der Waals surface area contributed by atoms with Gasteiger partial charge in [0.15, 0.2) is 8.32 Å². The normalized spacial score (nSPS) is 16.5. The third kappa shape index (κ3) is 7.42. The number of rotatable bonds is 9. The molecule has 0 unspecified atom stereocenters. The van der Waals surface area contributed by atoms with Crippen molar-refractivity contribution in [3.05, 3.63) is 71.3 Å². The van der Waals surface area contributed by atoms with Crippen molar-refractivity contribution in [1.82, 2.24) is 10.2 Å². The Morgan fingerprint density at radius 1 is 1.05 bits per heavy atom. The van der Waals surface area contributed by atoms with E-state index in [1.54, 1.807) is 0 Å². The third-order valence-corrected chi connectivity index (χ3v) is 11.9. The molecule has 0 bridgehead atoms. The smallest absolute Gasteiger partial charge is 0.411 e. The molecule has 0 radical (unpaired) electrons. The second-order valence-corrected chi connectivity index (χ2v) is 15.8. The number of fused-ring (bicyclic) bond motifs is 1. The molecule has 3 amide bonds. The Morgan fingerprint density at radius 3 is 2.30 bits per heavy atom. The second kappa shape index (κ2) is 11.9. The Kier molecular flexibility index (Phi) is 9.15. The Hall–Kier alpha value is -3.17. The number of amides is 3. The monoisotopic (exact) mass is 525 g/mol. The van der Waals surface area contributed by atoms with Gasteiger partial charge in [-0.25, -0.2) is 4.79 Å². The lowest BCUT2D eigenvalue weighted by Gasteiger charge is -2.37. The van der Waals surface area contributed by atoms with Crippen LogP contribution in [0, 0.1) is 0 Å². The molecule has 3 rings (SSSR count). The molecule has 2 aromatic rings. The van der Waals surface area contributed by atoms with Crippen molar-refractivity contribution in [2.45, 2.75) is 77.0 Å². The van der Waals surface area contributed by atoms with E-state index in [9.17, 15) is 14.4 Å². The molecule has 1 aliphatic rings. The summed E-state index contributed by atoms with van der Waals surface area (Å²) in [6.45, 7) is 11.3. The number of hydrogen-bond acceptors (Lipinski definition) is 5. The van der Waals surface area contributed by atoms with Crippen molar-refractivity contribution >= 4 is 26.2 Å². The van der Waals surface area contributed by atoms with E-state index in [1.807, 2.05) is 54.6 Å². The van der Waals surface area contributed by atoms with E-state index in [4.69, 9.17) is 14.9 Å². The number of benzene rings is 2. The summed E-state index contributed by atoms with van der Waals surface area (Å²) >= 11 is 0. The lowest BCUT2D eigenvalue weighted by molar-refractivity contribution is -0.131. The van der Waals surface area contributed by atoms with E-state index >= 15 is 0 Å². The number of primary amides is 1. The molecule has 2 atom stereocenters. The van der Waals surface area contributed by atoms with Crippen LogP contribution in [0.25, 0.3) is 0 Å². The number of carbonyl (C=O) groups is 3. The highest BCUT2D eigenvalue weighted by atomic mass is 28.4. The molecule has 37 heavy (non-hydrogen) atoms. The predicted octanol–water partition coefficient (Wildman–Crippen LogP) is 4.13. The van der Waals surface area contributed by atoms with Crippen molar-refractivity contribution < 1.29 is 23.5 Å². The predicted molar refractivity (Wildman–Crippen MR) is 145 cm³/mol. The van der Waals surface area contributed by atoms with E-state index in [0.29, 0.717) is 13.0 Å². The average molecular weight is 526 g/mol. The number of nitrogens with two attached hydrogens (primary N) is 1. The van der Waals surface area contributed by atoms with Crippen molar-refractivity contribution in [2.75, 3.05) is 6.61 Å². The Labute approximate surface area is 220 Å². The van der Waals surface area contributed by atoms with Crippen LogP contribution in [-0.2, 0) is 38.3 Å². The molecule has 1 heterocycles. The number of hydrogen-bond donors (Lipinski definition) is 2. The fourth-order valence-corrected chi connectivity index (χ4v) is 5.01. The van der Waals surface area contributed by atoms with Crippen LogP contribution in [0.4, 0.5) is 4.79 Å². The first-order valence-corrected chi connectivity index (χ1v) is 15.6. The zero-order chi connectivity index (χ0) is 27.2. The Morgan fingerprint density at radius 2 is 1.68 bits per heavy atom. The SMILES string of the molecule is CC(C)(C)[Si](C)(C)OCC[C@@H](NC(=O)[C@@H]1Cc2ccccc2CN1C(=O)OCc1ccccc1)C(N)=O. The van der Waals surface area contributed by atoms with Crippen LogP contribution < -0.4 is 11.1 Å². The Balaban J connectivity index is 1.71. The van der Waals surface area contributed by atoms with Crippen LogP contribution >= 0.6 is 0 Å². The molecule has 2 aromatic carbocycles. The molecule has 8 nitrogen and oxygen atoms in total. The van der Waals surface area contributed by atoms with Crippen molar-refractivity contribution in [3.63, 3.8) is 0 Å². The van der Waals surface area contributed by atoms with Gasteiger partial charge in [0.05, 0.1) is 6.54 Å². The highest BCUT2D eigenvalue weighted by Crippen LogP contribution is 2.36. The van der Waals surface area contributed by atoms with Gasteiger partial charge in [-0.2, -0.15) is 0 Å². The van der Waals surface area contributed by atoms with Gasteiger partial charge in [0.1, 0.15) is 18.7 Å². The molecule has 0 saturated carbocycles. The summed E-state index contributed by atoms with van der Waals surface area (Å²) in [5.41, 5.74) is 8.42. The van der Waals surface area contributed by atoms with Gasteiger partial charge in [-0.3, -0.25) is 14.5 Å². The molecule has 0 fully saturated rings. The number of carbonyl (C=O) groups excluding carboxylic acids is 3. The van der Waals surface area contributed by atoms with Gasteiger partial charge >= 0.3 is 6.09 Å². The van der Waals surface area contributed by atoms with Crippen LogP contribution in [0.1, 0.15) is 43.9 Å². The van der Waals surface area contributed by atoms with Crippen LogP contribution in [0.15, 0.2) is 54.6 Å². The number of nitrogens with zero attached hydrogens (tertiary/aromatic N) is 1. The van der Waals surface area contributed by atoms with E-state index < -0.39 is 38.3 Å². The summed E-state index contributed by atoms with van der Waals surface area (Å²) in [7, 11) is -2.02. The van der Waals surface area contributed by atoms with E-state index in [0.717, 1.165) is 16.7 Å². The maximum Gasteiger partial charge on any atom is 0.411 e. The third-order valence-electron chi connectivity index (χ3n) is 7.33. The summed E-state index contributed by atoms with van der Waals surface area (Å²) in [5, 5.41) is 2.80. The zero-order valence-corrected chi connectivity index (χ0v) is 23.5.